The number of ether oxygens (including phenoxy) is 1. The molecule has 1 amide bonds. The summed E-state index contributed by atoms with van der Waals surface area (Å²) in [5.74, 6) is -5.76. The Hall–Kier alpha value is -2.03. The van der Waals surface area contributed by atoms with E-state index in [0.29, 0.717) is 6.07 Å². The first-order valence-corrected chi connectivity index (χ1v) is 5.36. The van der Waals surface area contributed by atoms with E-state index >= 15 is 0 Å². The monoisotopic (exact) mass is 315 g/mol. The molecule has 0 saturated heterocycles. The zero-order valence-corrected chi connectivity index (χ0v) is 10.2. The maximum atomic E-state index is 13.3. The summed E-state index contributed by atoms with van der Waals surface area (Å²) < 4.78 is 53.2. The summed E-state index contributed by atoms with van der Waals surface area (Å²) in [5.41, 5.74) is -1.59. The van der Waals surface area contributed by atoms with Gasteiger partial charge in [-0.2, -0.15) is 0 Å². The minimum Gasteiger partial charge on any atom is -0.478 e. The second-order valence-electron chi connectivity index (χ2n) is 3.36. The van der Waals surface area contributed by atoms with Crippen LogP contribution in [0.3, 0.4) is 0 Å². The van der Waals surface area contributed by atoms with E-state index in [9.17, 15) is 27.2 Å². The molecule has 0 aromatic heterocycles. The minimum absolute atomic E-state index is 0.209. The van der Waals surface area contributed by atoms with Gasteiger partial charge in [0, 0.05) is 6.07 Å². The van der Waals surface area contributed by atoms with Crippen molar-refractivity contribution < 1.29 is 37.0 Å². The molecular weight excluding hydrogens is 310 g/mol. The van der Waals surface area contributed by atoms with Crippen LogP contribution in [0.2, 0.25) is 0 Å². The number of carboxylic acids is 1. The molecule has 1 aromatic rings. The third kappa shape index (κ3) is 4.26. The third-order valence-corrected chi connectivity index (χ3v) is 2.16. The molecule has 0 bridgehead atoms. The SMILES string of the molecule is O=C(CCl)Nc1cc(C(=O)O)c(F)cc1OC(F)(F)F. The highest BCUT2D eigenvalue weighted by Crippen LogP contribution is 2.32. The first-order valence-electron chi connectivity index (χ1n) is 4.82. The molecule has 0 atom stereocenters. The first-order chi connectivity index (χ1) is 9.14. The average Bonchev–Trinajstić information content (AvgIpc) is 2.29. The van der Waals surface area contributed by atoms with Crippen molar-refractivity contribution in [2.75, 3.05) is 11.2 Å². The molecule has 0 spiro atoms. The number of rotatable bonds is 4. The van der Waals surface area contributed by atoms with Gasteiger partial charge in [0.2, 0.25) is 5.91 Å². The molecule has 10 heteroatoms. The fraction of sp³-hybridized carbons (Fsp3) is 0.200. The molecule has 1 rings (SSSR count). The molecule has 2 N–H and O–H groups in total. The molecular formula is C10H6ClF4NO4. The molecule has 0 aliphatic heterocycles. The van der Waals surface area contributed by atoms with Gasteiger partial charge in [0.15, 0.2) is 5.75 Å². The van der Waals surface area contributed by atoms with Crippen LogP contribution in [0.25, 0.3) is 0 Å². The van der Waals surface area contributed by atoms with Crippen LogP contribution in [-0.4, -0.2) is 29.2 Å². The van der Waals surface area contributed by atoms with Crippen molar-refractivity contribution in [1.82, 2.24) is 0 Å². The lowest BCUT2D eigenvalue weighted by atomic mass is 10.1. The molecule has 5 nitrogen and oxygen atoms in total. The molecule has 0 aliphatic carbocycles. The lowest BCUT2D eigenvalue weighted by Gasteiger charge is -2.14. The smallest absolute Gasteiger partial charge is 0.478 e. The van der Waals surface area contributed by atoms with Crippen molar-refractivity contribution in [2.24, 2.45) is 0 Å². The van der Waals surface area contributed by atoms with Gasteiger partial charge in [-0.05, 0) is 6.07 Å². The summed E-state index contributed by atoms with van der Waals surface area (Å²) in [5, 5.41) is 10.5. The van der Waals surface area contributed by atoms with Gasteiger partial charge in [-0.15, -0.1) is 24.8 Å². The van der Waals surface area contributed by atoms with Gasteiger partial charge in [-0.1, -0.05) is 0 Å². The maximum absolute atomic E-state index is 13.3. The molecule has 20 heavy (non-hydrogen) atoms. The number of alkyl halides is 4. The van der Waals surface area contributed by atoms with Crippen LogP contribution < -0.4 is 10.1 Å². The van der Waals surface area contributed by atoms with Crippen LogP contribution in [0.15, 0.2) is 12.1 Å². The van der Waals surface area contributed by atoms with Gasteiger partial charge in [-0.25, -0.2) is 9.18 Å². The summed E-state index contributed by atoms with van der Waals surface area (Å²) in [7, 11) is 0. The fourth-order valence-electron chi connectivity index (χ4n) is 1.21. The molecule has 0 radical (unpaired) electrons. The van der Waals surface area contributed by atoms with Crippen molar-refractivity contribution in [3.63, 3.8) is 0 Å². The van der Waals surface area contributed by atoms with E-state index in [4.69, 9.17) is 16.7 Å². The Morgan fingerprint density at radius 3 is 2.40 bits per heavy atom. The van der Waals surface area contributed by atoms with Crippen LogP contribution in [0, 0.1) is 5.82 Å². The molecule has 0 aliphatic rings. The number of anilines is 1. The van der Waals surface area contributed by atoms with E-state index in [1.54, 1.807) is 0 Å². The number of hydrogen-bond donors (Lipinski definition) is 2. The van der Waals surface area contributed by atoms with Crippen molar-refractivity contribution in [3.8, 4) is 5.75 Å². The van der Waals surface area contributed by atoms with Crippen LogP contribution >= 0.6 is 11.6 Å². The second-order valence-corrected chi connectivity index (χ2v) is 3.63. The highest BCUT2D eigenvalue weighted by atomic mass is 35.5. The second kappa shape index (κ2) is 5.95. The molecule has 0 unspecified atom stereocenters. The van der Waals surface area contributed by atoms with E-state index < -0.39 is 46.9 Å². The highest BCUT2D eigenvalue weighted by molar-refractivity contribution is 6.29. The van der Waals surface area contributed by atoms with Gasteiger partial charge in [-0.3, -0.25) is 4.79 Å². The third-order valence-electron chi connectivity index (χ3n) is 1.92. The zero-order valence-electron chi connectivity index (χ0n) is 9.42. The first kappa shape index (κ1) is 16.0. The van der Waals surface area contributed by atoms with E-state index in [1.165, 1.54) is 0 Å². The van der Waals surface area contributed by atoms with Gasteiger partial charge in [0.25, 0.3) is 0 Å². The van der Waals surface area contributed by atoms with Crippen molar-refractivity contribution in [2.45, 2.75) is 6.36 Å². The average molecular weight is 316 g/mol. The van der Waals surface area contributed by atoms with E-state index in [1.807, 2.05) is 5.32 Å². The number of carbonyl (C=O) groups excluding carboxylic acids is 1. The topological polar surface area (TPSA) is 75.6 Å². The molecule has 1 aromatic carbocycles. The Bertz CT molecular complexity index is 547. The minimum atomic E-state index is -5.14. The molecule has 0 heterocycles. The number of carbonyl (C=O) groups is 2. The van der Waals surface area contributed by atoms with E-state index in [0.717, 1.165) is 0 Å². The molecule has 0 saturated carbocycles. The summed E-state index contributed by atoms with van der Waals surface area (Å²) in [6, 6.07) is 0.712. The predicted octanol–water partition coefficient (Wildman–Crippen LogP) is 2.60. The quantitative estimate of drug-likeness (QED) is 0.661. The lowest BCUT2D eigenvalue weighted by molar-refractivity contribution is -0.274. The molecule has 110 valence electrons. The Balaban J connectivity index is 3.29. The number of carboxylic acid groups (broad SMARTS) is 1. The Labute approximate surface area is 114 Å². The standard InChI is InChI=1S/C10H6ClF4NO4/c11-3-8(17)16-6-1-4(9(18)19)5(12)2-7(6)20-10(13,14)15/h1-2H,3H2,(H,16,17)(H,18,19). The van der Waals surface area contributed by atoms with Gasteiger partial charge >= 0.3 is 12.3 Å². The number of aromatic carboxylic acids is 1. The summed E-state index contributed by atoms with van der Waals surface area (Å²) >= 11 is 5.16. The van der Waals surface area contributed by atoms with Crippen LogP contribution in [-0.2, 0) is 4.79 Å². The number of halogens is 5. The lowest BCUT2D eigenvalue weighted by Crippen LogP contribution is -2.20. The van der Waals surface area contributed by atoms with Crippen molar-refractivity contribution >= 4 is 29.2 Å². The number of amides is 1. The maximum Gasteiger partial charge on any atom is 0.573 e. The van der Waals surface area contributed by atoms with Crippen molar-refractivity contribution in [3.05, 3.63) is 23.5 Å². The number of hydrogen-bond acceptors (Lipinski definition) is 3. The van der Waals surface area contributed by atoms with Crippen LogP contribution in [0.5, 0.6) is 5.75 Å². The predicted molar refractivity (Wildman–Crippen MR) is 59.4 cm³/mol. The van der Waals surface area contributed by atoms with Gasteiger partial charge in [0.05, 0.1) is 11.3 Å². The van der Waals surface area contributed by atoms with Gasteiger partial charge in [0.1, 0.15) is 11.7 Å². The Kier molecular flexibility index (Phi) is 4.77. The number of nitrogens with one attached hydrogen (secondary N) is 1. The van der Waals surface area contributed by atoms with Crippen LogP contribution in [0.4, 0.5) is 23.2 Å². The summed E-state index contributed by atoms with van der Waals surface area (Å²) in [6.07, 6.45) is -5.14. The fourth-order valence-corrected chi connectivity index (χ4v) is 1.28. The molecule has 0 fully saturated rings. The van der Waals surface area contributed by atoms with Gasteiger partial charge < -0.3 is 15.2 Å². The largest absolute Gasteiger partial charge is 0.573 e. The normalized spacial score (nSPS) is 11.1. The van der Waals surface area contributed by atoms with Crippen molar-refractivity contribution in [1.29, 1.82) is 0 Å². The van der Waals surface area contributed by atoms with E-state index in [-0.39, 0.29) is 6.07 Å². The summed E-state index contributed by atoms with van der Waals surface area (Å²) in [4.78, 5) is 21.7. The highest BCUT2D eigenvalue weighted by Gasteiger charge is 2.33. The van der Waals surface area contributed by atoms with E-state index in [2.05, 4.69) is 4.74 Å². The zero-order chi connectivity index (χ0) is 15.5. The van der Waals surface area contributed by atoms with Crippen LogP contribution in [0.1, 0.15) is 10.4 Å². The Morgan fingerprint density at radius 1 is 1.35 bits per heavy atom. The Morgan fingerprint density at radius 2 is 1.95 bits per heavy atom. The number of benzene rings is 1. The summed E-state index contributed by atoms with van der Waals surface area (Å²) in [6.45, 7) is 0.